The summed E-state index contributed by atoms with van der Waals surface area (Å²) in [6, 6.07) is 8.14. The van der Waals surface area contributed by atoms with E-state index in [0.717, 1.165) is 26.3 Å². The summed E-state index contributed by atoms with van der Waals surface area (Å²) in [5.41, 5.74) is 3.21. The number of rotatable bonds is 3. The molecule has 0 aliphatic rings. The molecule has 0 aliphatic heterocycles. The topological polar surface area (TPSA) is 57.8 Å². The minimum atomic E-state index is -0.0532. The number of hydrogen-bond acceptors (Lipinski definition) is 4. The van der Waals surface area contributed by atoms with Gasteiger partial charge in [-0.3, -0.25) is 4.79 Å². The summed E-state index contributed by atoms with van der Waals surface area (Å²) in [7, 11) is 0. The molecule has 108 valence electrons. The molecule has 4 nitrogen and oxygen atoms in total. The van der Waals surface area contributed by atoms with Crippen molar-refractivity contribution in [1.29, 1.82) is 0 Å². The van der Waals surface area contributed by atoms with Crippen molar-refractivity contribution in [1.82, 2.24) is 9.97 Å². The molecule has 0 bridgehead atoms. The van der Waals surface area contributed by atoms with Gasteiger partial charge in [-0.25, -0.2) is 4.98 Å². The maximum atomic E-state index is 12.2. The summed E-state index contributed by atoms with van der Waals surface area (Å²) in [5.74, 6) is 0.661. The van der Waals surface area contributed by atoms with Crippen molar-refractivity contribution < 1.29 is 0 Å². The summed E-state index contributed by atoms with van der Waals surface area (Å²) < 4.78 is 0. The van der Waals surface area contributed by atoms with Crippen molar-refractivity contribution in [3.63, 3.8) is 0 Å². The second-order valence-electron chi connectivity index (χ2n) is 5.20. The van der Waals surface area contributed by atoms with Crippen LogP contribution in [0.1, 0.15) is 21.8 Å². The van der Waals surface area contributed by atoms with Crippen LogP contribution >= 0.6 is 11.3 Å². The lowest BCUT2D eigenvalue weighted by molar-refractivity contribution is 0.956. The number of nitrogens with zero attached hydrogens (tertiary/aromatic N) is 1. The first-order valence-corrected chi connectivity index (χ1v) is 7.65. The molecule has 0 radical (unpaired) electrons. The summed E-state index contributed by atoms with van der Waals surface area (Å²) in [4.78, 5) is 21.5. The molecule has 0 unspecified atom stereocenters. The van der Waals surface area contributed by atoms with Gasteiger partial charge in [0.1, 0.15) is 10.7 Å². The first-order valence-electron chi connectivity index (χ1n) is 6.84. The fourth-order valence-electron chi connectivity index (χ4n) is 2.24. The van der Waals surface area contributed by atoms with Crippen LogP contribution in [-0.4, -0.2) is 9.97 Å². The van der Waals surface area contributed by atoms with E-state index < -0.39 is 0 Å². The highest BCUT2D eigenvalue weighted by Gasteiger charge is 2.11. The molecule has 0 aliphatic carbocycles. The third kappa shape index (κ3) is 2.69. The quantitative estimate of drug-likeness (QED) is 0.778. The summed E-state index contributed by atoms with van der Waals surface area (Å²) in [6.07, 6.45) is 0. The monoisotopic (exact) mass is 299 g/mol. The highest BCUT2D eigenvalue weighted by molar-refractivity contribution is 7.18. The van der Waals surface area contributed by atoms with Gasteiger partial charge < -0.3 is 10.3 Å². The Morgan fingerprint density at radius 1 is 1.19 bits per heavy atom. The lowest BCUT2D eigenvalue weighted by Gasteiger charge is -2.06. The first kappa shape index (κ1) is 13.8. The van der Waals surface area contributed by atoms with Crippen LogP contribution in [0.15, 0.2) is 29.1 Å². The molecule has 0 amide bonds. The molecular weight excluding hydrogens is 282 g/mol. The molecule has 3 aromatic rings. The van der Waals surface area contributed by atoms with Gasteiger partial charge in [0.15, 0.2) is 0 Å². The van der Waals surface area contributed by atoms with Gasteiger partial charge in [-0.2, -0.15) is 0 Å². The molecule has 3 rings (SSSR count). The van der Waals surface area contributed by atoms with Crippen LogP contribution in [0.3, 0.4) is 0 Å². The van der Waals surface area contributed by atoms with E-state index in [2.05, 4.69) is 22.2 Å². The van der Waals surface area contributed by atoms with E-state index in [1.807, 2.05) is 38.1 Å². The summed E-state index contributed by atoms with van der Waals surface area (Å²) in [5, 5.41) is 3.99. The predicted molar refractivity (Wildman–Crippen MR) is 88.2 cm³/mol. The Kier molecular flexibility index (Phi) is 3.51. The molecule has 2 aromatic heterocycles. The standard InChI is InChI=1S/C16H17N3OS/c1-9-4-6-12(7-5-9)17-8-13-18-15(20)14-10(2)11(3)21-16(14)19-13/h4-7,17H,8H2,1-3H3,(H,18,19,20). The molecule has 0 spiro atoms. The predicted octanol–water partition coefficient (Wildman–Crippen LogP) is 3.52. The Morgan fingerprint density at radius 2 is 1.90 bits per heavy atom. The van der Waals surface area contributed by atoms with E-state index >= 15 is 0 Å². The van der Waals surface area contributed by atoms with Gasteiger partial charge in [-0.05, 0) is 38.5 Å². The number of H-pyrrole nitrogens is 1. The van der Waals surface area contributed by atoms with Gasteiger partial charge in [0.05, 0.1) is 11.9 Å². The third-order valence-electron chi connectivity index (χ3n) is 3.60. The molecule has 2 N–H and O–H groups in total. The maximum Gasteiger partial charge on any atom is 0.259 e. The summed E-state index contributed by atoms with van der Waals surface area (Å²) in [6.45, 7) is 6.54. The van der Waals surface area contributed by atoms with Crippen LogP contribution in [0.25, 0.3) is 10.2 Å². The van der Waals surface area contributed by atoms with Gasteiger partial charge in [0.25, 0.3) is 5.56 Å². The molecule has 0 atom stereocenters. The average Bonchev–Trinajstić information content (AvgIpc) is 2.74. The van der Waals surface area contributed by atoms with Crippen LogP contribution in [0.4, 0.5) is 5.69 Å². The Morgan fingerprint density at radius 3 is 2.62 bits per heavy atom. The van der Waals surface area contributed by atoms with Crippen molar-refractivity contribution in [2.75, 3.05) is 5.32 Å². The number of thiophene rings is 1. The Labute approximate surface area is 126 Å². The molecule has 0 fully saturated rings. The number of anilines is 1. The van der Waals surface area contributed by atoms with E-state index in [1.165, 1.54) is 5.56 Å². The van der Waals surface area contributed by atoms with Crippen molar-refractivity contribution >= 4 is 27.2 Å². The highest BCUT2D eigenvalue weighted by atomic mass is 32.1. The van der Waals surface area contributed by atoms with Crippen molar-refractivity contribution in [3.05, 3.63) is 56.4 Å². The first-order chi connectivity index (χ1) is 10.0. The molecular formula is C16H17N3OS. The average molecular weight is 299 g/mol. The lowest BCUT2D eigenvalue weighted by atomic mass is 10.2. The van der Waals surface area contributed by atoms with Crippen LogP contribution < -0.4 is 10.9 Å². The van der Waals surface area contributed by atoms with Gasteiger partial charge in [-0.1, -0.05) is 17.7 Å². The van der Waals surface area contributed by atoms with Gasteiger partial charge in [0.2, 0.25) is 0 Å². The van der Waals surface area contributed by atoms with Gasteiger partial charge in [0, 0.05) is 10.6 Å². The highest BCUT2D eigenvalue weighted by Crippen LogP contribution is 2.25. The minimum absolute atomic E-state index is 0.0532. The van der Waals surface area contributed by atoms with Crippen LogP contribution in [0.5, 0.6) is 0 Å². The molecule has 21 heavy (non-hydrogen) atoms. The number of aromatic nitrogens is 2. The number of fused-ring (bicyclic) bond motifs is 1. The fourth-order valence-corrected chi connectivity index (χ4v) is 3.29. The number of aryl methyl sites for hydroxylation is 3. The zero-order chi connectivity index (χ0) is 15.0. The second-order valence-corrected chi connectivity index (χ2v) is 6.40. The summed E-state index contributed by atoms with van der Waals surface area (Å²) >= 11 is 1.57. The third-order valence-corrected chi connectivity index (χ3v) is 4.70. The number of nitrogens with one attached hydrogen (secondary N) is 2. The smallest absolute Gasteiger partial charge is 0.259 e. The van der Waals surface area contributed by atoms with Gasteiger partial charge >= 0.3 is 0 Å². The van der Waals surface area contributed by atoms with Crippen LogP contribution in [0.2, 0.25) is 0 Å². The van der Waals surface area contributed by atoms with E-state index in [0.29, 0.717) is 12.4 Å². The zero-order valence-electron chi connectivity index (χ0n) is 12.3. The lowest BCUT2D eigenvalue weighted by Crippen LogP contribution is -2.14. The van der Waals surface area contributed by atoms with E-state index in [9.17, 15) is 4.79 Å². The molecule has 2 heterocycles. The molecule has 0 saturated heterocycles. The van der Waals surface area contributed by atoms with E-state index in [1.54, 1.807) is 11.3 Å². The minimum Gasteiger partial charge on any atom is -0.378 e. The SMILES string of the molecule is Cc1ccc(NCc2nc3sc(C)c(C)c3c(=O)[nH]2)cc1. The normalized spacial score (nSPS) is 11.0. The van der Waals surface area contributed by atoms with E-state index in [-0.39, 0.29) is 5.56 Å². The van der Waals surface area contributed by atoms with Crippen molar-refractivity contribution in [3.8, 4) is 0 Å². The second kappa shape index (κ2) is 5.33. The number of benzene rings is 1. The zero-order valence-corrected chi connectivity index (χ0v) is 13.1. The maximum absolute atomic E-state index is 12.2. The Balaban J connectivity index is 1.88. The van der Waals surface area contributed by atoms with E-state index in [4.69, 9.17) is 0 Å². The molecule has 1 aromatic carbocycles. The Bertz CT molecular complexity index is 846. The molecule has 5 heteroatoms. The largest absolute Gasteiger partial charge is 0.378 e. The van der Waals surface area contributed by atoms with Crippen LogP contribution in [0, 0.1) is 20.8 Å². The molecule has 0 saturated carbocycles. The number of aromatic amines is 1. The van der Waals surface area contributed by atoms with Crippen molar-refractivity contribution in [2.45, 2.75) is 27.3 Å². The Hall–Kier alpha value is -2.14. The van der Waals surface area contributed by atoms with Crippen molar-refractivity contribution in [2.24, 2.45) is 0 Å². The number of hydrogen-bond donors (Lipinski definition) is 2. The van der Waals surface area contributed by atoms with Crippen LogP contribution in [-0.2, 0) is 6.54 Å². The fraction of sp³-hybridized carbons (Fsp3) is 0.250. The van der Waals surface area contributed by atoms with Gasteiger partial charge in [-0.15, -0.1) is 11.3 Å².